The second-order valence-corrected chi connectivity index (χ2v) is 8.19. The summed E-state index contributed by atoms with van der Waals surface area (Å²) in [4.78, 5) is 12.4. The predicted molar refractivity (Wildman–Crippen MR) is 122 cm³/mol. The number of carbonyl (C=O) groups is 1. The van der Waals surface area contributed by atoms with Crippen LogP contribution in [0.25, 0.3) is 0 Å². The van der Waals surface area contributed by atoms with E-state index < -0.39 is 0 Å². The lowest BCUT2D eigenvalue weighted by molar-refractivity contribution is 0.102. The highest BCUT2D eigenvalue weighted by atomic mass is 35.5. The van der Waals surface area contributed by atoms with Crippen LogP contribution in [0.1, 0.15) is 22.6 Å². The number of Topliss-reactive ketones (excluding diaryl/α,β-unsaturated/α-hetero) is 1. The van der Waals surface area contributed by atoms with E-state index in [-0.39, 0.29) is 5.78 Å². The monoisotopic (exact) mass is 461 g/mol. The lowest BCUT2D eigenvalue weighted by Gasteiger charge is -2.09. The van der Waals surface area contributed by atoms with E-state index in [1.807, 2.05) is 34.9 Å². The van der Waals surface area contributed by atoms with Crippen molar-refractivity contribution in [3.63, 3.8) is 0 Å². The quantitative estimate of drug-likeness (QED) is 0.157. The molecule has 0 bridgehead atoms. The first-order chi connectivity index (χ1) is 14.6. The molecule has 0 saturated carbocycles. The smallest absolute Gasteiger partial charge is 0.191 e. The van der Waals surface area contributed by atoms with Crippen LogP contribution in [0, 0.1) is 0 Å². The number of halogens is 2. The molecule has 0 unspecified atom stereocenters. The molecule has 156 valence electrons. The fourth-order valence-electron chi connectivity index (χ4n) is 2.77. The van der Waals surface area contributed by atoms with Gasteiger partial charge < -0.3 is 9.30 Å². The largest absolute Gasteiger partial charge is 0.492 e. The van der Waals surface area contributed by atoms with Crippen molar-refractivity contribution in [3.05, 3.63) is 82.6 Å². The lowest BCUT2D eigenvalue weighted by Crippen LogP contribution is -2.08. The Balaban J connectivity index is 1.55. The molecule has 0 saturated heterocycles. The number of carbonyl (C=O) groups excluding carboxylic acids is 1. The van der Waals surface area contributed by atoms with Crippen molar-refractivity contribution >= 4 is 40.7 Å². The molecule has 8 heteroatoms. The molecule has 2 aromatic carbocycles. The maximum absolute atomic E-state index is 12.4. The van der Waals surface area contributed by atoms with Gasteiger partial charge in [-0.2, -0.15) is 0 Å². The second-order valence-electron chi connectivity index (χ2n) is 6.40. The molecule has 0 radical (unpaired) electrons. The van der Waals surface area contributed by atoms with Crippen LogP contribution in [-0.4, -0.2) is 32.9 Å². The van der Waals surface area contributed by atoms with Crippen LogP contribution in [0.4, 0.5) is 0 Å². The summed E-state index contributed by atoms with van der Waals surface area (Å²) in [5.74, 6) is 1.79. The van der Waals surface area contributed by atoms with Gasteiger partial charge in [-0.1, -0.05) is 71.4 Å². The Hall–Kier alpha value is -2.28. The van der Waals surface area contributed by atoms with Crippen molar-refractivity contribution in [3.8, 4) is 5.75 Å². The summed E-state index contributed by atoms with van der Waals surface area (Å²) >= 11 is 13.4. The van der Waals surface area contributed by atoms with Crippen LogP contribution in [0.15, 0.2) is 66.3 Å². The fraction of sp³-hybridized carbons (Fsp3) is 0.227. The molecular formula is C22H21Cl2N3O2S. The zero-order valence-electron chi connectivity index (χ0n) is 16.3. The SMILES string of the molecule is C=CCn1c(CCCOc2ccc(Cl)cc2Cl)nnc1SCC(=O)c1ccccc1. The normalized spacial score (nSPS) is 10.7. The van der Waals surface area contributed by atoms with E-state index in [9.17, 15) is 4.79 Å². The number of allylic oxidation sites excluding steroid dienone is 1. The highest BCUT2D eigenvalue weighted by Gasteiger charge is 2.14. The highest BCUT2D eigenvalue weighted by molar-refractivity contribution is 7.99. The third-order valence-corrected chi connectivity index (χ3v) is 5.73. The summed E-state index contributed by atoms with van der Waals surface area (Å²) in [6.07, 6.45) is 3.21. The molecular weight excluding hydrogens is 441 g/mol. The molecule has 30 heavy (non-hydrogen) atoms. The molecule has 3 aromatic rings. The van der Waals surface area contributed by atoms with E-state index >= 15 is 0 Å². The van der Waals surface area contributed by atoms with Gasteiger partial charge in [0.25, 0.3) is 0 Å². The summed E-state index contributed by atoms with van der Waals surface area (Å²) in [7, 11) is 0. The third-order valence-electron chi connectivity index (χ3n) is 4.23. The maximum Gasteiger partial charge on any atom is 0.191 e. The van der Waals surface area contributed by atoms with Crippen molar-refractivity contribution in [1.82, 2.24) is 14.8 Å². The molecule has 1 heterocycles. The zero-order valence-corrected chi connectivity index (χ0v) is 18.6. The summed E-state index contributed by atoms with van der Waals surface area (Å²) in [5, 5.41) is 10.3. The molecule has 0 aliphatic carbocycles. The van der Waals surface area contributed by atoms with E-state index in [4.69, 9.17) is 27.9 Å². The average Bonchev–Trinajstić information content (AvgIpc) is 3.13. The molecule has 3 rings (SSSR count). The third kappa shape index (κ3) is 6.11. The van der Waals surface area contributed by atoms with E-state index in [2.05, 4.69) is 16.8 Å². The Morgan fingerprint density at radius 1 is 1.17 bits per heavy atom. The lowest BCUT2D eigenvalue weighted by atomic mass is 10.2. The minimum Gasteiger partial charge on any atom is -0.492 e. The molecule has 0 atom stereocenters. The summed E-state index contributed by atoms with van der Waals surface area (Å²) in [5.41, 5.74) is 0.693. The maximum atomic E-state index is 12.4. The topological polar surface area (TPSA) is 57.0 Å². The Kier molecular flexibility index (Phi) is 8.37. The average molecular weight is 462 g/mol. The molecule has 0 fully saturated rings. The number of hydrogen-bond acceptors (Lipinski definition) is 5. The van der Waals surface area contributed by atoms with Gasteiger partial charge in [0.1, 0.15) is 11.6 Å². The van der Waals surface area contributed by atoms with Gasteiger partial charge >= 0.3 is 0 Å². The van der Waals surface area contributed by atoms with Gasteiger partial charge in [0, 0.05) is 23.6 Å². The minimum absolute atomic E-state index is 0.0588. The number of hydrogen-bond donors (Lipinski definition) is 0. The first-order valence-corrected chi connectivity index (χ1v) is 11.1. The fourth-order valence-corrected chi connectivity index (χ4v) is 4.09. The number of aromatic nitrogens is 3. The molecule has 0 N–H and O–H groups in total. The number of ether oxygens (including phenoxy) is 1. The van der Waals surface area contributed by atoms with Crippen LogP contribution < -0.4 is 4.74 Å². The van der Waals surface area contributed by atoms with Gasteiger partial charge in [-0.15, -0.1) is 16.8 Å². The van der Waals surface area contributed by atoms with E-state index in [1.165, 1.54) is 11.8 Å². The summed E-state index contributed by atoms with van der Waals surface area (Å²) in [6.45, 7) is 4.87. The van der Waals surface area contributed by atoms with Crippen LogP contribution in [0.5, 0.6) is 5.75 Å². The molecule has 0 aliphatic heterocycles. The van der Waals surface area contributed by atoms with Crippen molar-refractivity contribution in [2.24, 2.45) is 0 Å². The Bertz CT molecular complexity index is 1010. The highest BCUT2D eigenvalue weighted by Crippen LogP contribution is 2.27. The predicted octanol–water partition coefficient (Wildman–Crippen LogP) is 5.76. The van der Waals surface area contributed by atoms with Crippen LogP contribution in [0.2, 0.25) is 10.0 Å². The zero-order chi connectivity index (χ0) is 21.3. The molecule has 5 nitrogen and oxygen atoms in total. The standard InChI is InChI=1S/C22H21Cl2N3O2S/c1-2-12-27-21(9-6-13-29-20-11-10-17(23)14-18(20)24)25-26-22(27)30-15-19(28)16-7-4-3-5-8-16/h2-5,7-8,10-11,14H,1,6,9,12-13,15H2. The first-order valence-electron chi connectivity index (χ1n) is 9.40. The Labute approximate surface area is 190 Å². The van der Waals surface area contributed by atoms with Gasteiger partial charge in [-0.3, -0.25) is 4.79 Å². The number of aryl methyl sites for hydroxylation is 1. The summed E-state index contributed by atoms with van der Waals surface area (Å²) < 4.78 is 7.71. The van der Waals surface area contributed by atoms with Crippen molar-refractivity contribution < 1.29 is 9.53 Å². The first kappa shape index (κ1) is 22.4. The van der Waals surface area contributed by atoms with Gasteiger partial charge in [-0.25, -0.2) is 0 Å². The number of ketones is 1. The van der Waals surface area contributed by atoms with Crippen molar-refractivity contribution in [2.75, 3.05) is 12.4 Å². The van der Waals surface area contributed by atoms with E-state index in [1.54, 1.807) is 24.3 Å². The second kappa shape index (κ2) is 11.2. The van der Waals surface area contributed by atoms with Crippen LogP contribution in [0.3, 0.4) is 0 Å². The van der Waals surface area contributed by atoms with Crippen molar-refractivity contribution in [1.29, 1.82) is 0 Å². The van der Waals surface area contributed by atoms with Crippen LogP contribution in [-0.2, 0) is 13.0 Å². The molecule has 0 spiro atoms. The van der Waals surface area contributed by atoms with Gasteiger partial charge in [0.05, 0.1) is 17.4 Å². The minimum atomic E-state index is 0.0588. The van der Waals surface area contributed by atoms with Crippen LogP contribution >= 0.6 is 35.0 Å². The number of benzene rings is 2. The number of thioether (sulfide) groups is 1. The molecule has 0 aliphatic rings. The molecule has 1 aromatic heterocycles. The number of rotatable bonds is 11. The Morgan fingerprint density at radius 3 is 2.70 bits per heavy atom. The summed E-state index contributed by atoms with van der Waals surface area (Å²) in [6, 6.07) is 14.4. The van der Waals surface area contributed by atoms with E-state index in [0.29, 0.717) is 51.8 Å². The van der Waals surface area contributed by atoms with Gasteiger partial charge in [-0.05, 0) is 24.6 Å². The van der Waals surface area contributed by atoms with Crippen molar-refractivity contribution in [2.45, 2.75) is 24.5 Å². The molecule has 0 amide bonds. The Morgan fingerprint density at radius 2 is 1.97 bits per heavy atom. The van der Waals surface area contributed by atoms with Gasteiger partial charge in [0.2, 0.25) is 0 Å². The number of nitrogens with zero attached hydrogens (tertiary/aromatic N) is 3. The van der Waals surface area contributed by atoms with E-state index in [0.717, 1.165) is 12.2 Å². The van der Waals surface area contributed by atoms with Gasteiger partial charge in [0.15, 0.2) is 10.9 Å².